The Morgan fingerprint density at radius 1 is 0.667 bits per heavy atom. The van der Waals surface area contributed by atoms with Gasteiger partial charge in [0.15, 0.2) is 0 Å². The van der Waals surface area contributed by atoms with Gasteiger partial charge >= 0.3 is 13.8 Å². The van der Waals surface area contributed by atoms with Gasteiger partial charge in [-0.15, -0.1) is 0 Å². The highest BCUT2D eigenvalue weighted by atomic mass is 31.2. The van der Waals surface area contributed by atoms with Crippen molar-refractivity contribution in [3.63, 3.8) is 0 Å². The van der Waals surface area contributed by atoms with E-state index in [2.05, 4.69) is 6.92 Å². The Hall–Kier alpha value is 0.110. The molecule has 5 heteroatoms. The fraction of sp³-hybridized carbons (Fsp3) is 1.00. The van der Waals surface area contributed by atoms with Gasteiger partial charge in [0.25, 0.3) is 0 Å². The molecule has 0 unspecified atom stereocenters. The smallest absolute Gasteiger partial charge is 0.227 e. The Morgan fingerprint density at radius 2 is 1.05 bits per heavy atom. The van der Waals surface area contributed by atoms with Crippen molar-refractivity contribution in [2.24, 2.45) is 0 Å². The third-order valence-electron chi connectivity index (χ3n) is 4.34. The lowest BCUT2D eigenvalue weighted by molar-refractivity contribution is -0.430. The van der Waals surface area contributed by atoms with Crippen molar-refractivity contribution in [3.8, 4) is 0 Å². The summed E-state index contributed by atoms with van der Waals surface area (Å²) in [4.78, 5) is 0. The fourth-order valence-corrected chi connectivity index (χ4v) is 4.36. The van der Waals surface area contributed by atoms with Crippen molar-refractivity contribution in [1.29, 1.82) is 0 Å². The van der Waals surface area contributed by atoms with Crippen molar-refractivity contribution in [1.82, 2.24) is 0 Å². The predicted octanol–water partition coefficient (Wildman–Crippen LogP) is 6.31. The van der Waals surface area contributed by atoms with Gasteiger partial charge in [0, 0.05) is 6.42 Å². The van der Waals surface area contributed by atoms with Gasteiger partial charge in [0.05, 0.1) is 0 Å². The Balaban J connectivity index is 1.25. The maximum absolute atomic E-state index is 11.0. The van der Waals surface area contributed by atoms with Gasteiger partial charge in [0.1, 0.15) is 0 Å². The summed E-state index contributed by atoms with van der Waals surface area (Å²) in [5.74, 6) is -0.896. The molecule has 0 spiro atoms. The van der Waals surface area contributed by atoms with Gasteiger partial charge in [-0.2, -0.15) is 0 Å². The van der Waals surface area contributed by atoms with Gasteiger partial charge in [-0.25, -0.2) is 18.1 Å². The molecule has 0 aromatic carbocycles. The highest BCUT2D eigenvalue weighted by Crippen LogP contribution is 2.81. The molecule has 3 aliphatic heterocycles. The molecule has 2 bridgehead atoms. The quantitative estimate of drug-likeness (QED) is 0.278. The molecular formula is C16H31O4P. The standard InChI is InChI=1S/C16H31O4P/c1-2-3-4-5-6-7-8-9-10-11-12-13-14-15-16-18-21(17,19-16)20-16/h2-15H2,1H3. The molecule has 3 fully saturated rings. The first-order valence-corrected chi connectivity index (χ1v) is 10.4. The summed E-state index contributed by atoms with van der Waals surface area (Å²) < 4.78 is 26.1. The van der Waals surface area contributed by atoms with E-state index in [0.29, 0.717) is 0 Å². The summed E-state index contributed by atoms with van der Waals surface area (Å²) in [6, 6.07) is 0. The molecule has 0 radical (unpaired) electrons. The van der Waals surface area contributed by atoms with Crippen molar-refractivity contribution in [2.45, 2.75) is 103 Å². The van der Waals surface area contributed by atoms with Crippen LogP contribution in [0.15, 0.2) is 0 Å². The molecule has 0 aromatic rings. The predicted molar refractivity (Wildman–Crippen MR) is 83.9 cm³/mol. The number of phosphoric acid groups is 1. The van der Waals surface area contributed by atoms with Crippen LogP contribution < -0.4 is 0 Å². The third kappa shape index (κ3) is 5.67. The maximum atomic E-state index is 11.0. The molecule has 4 nitrogen and oxygen atoms in total. The van der Waals surface area contributed by atoms with Crippen LogP contribution in [0.4, 0.5) is 0 Å². The van der Waals surface area contributed by atoms with Crippen LogP contribution in [0, 0.1) is 0 Å². The molecule has 3 rings (SSSR count). The summed E-state index contributed by atoms with van der Waals surface area (Å²) in [6.07, 6.45) is 18.1. The van der Waals surface area contributed by atoms with Crippen LogP contribution in [0.1, 0.15) is 96.8 Å². The number of hydrogen-bond acceptors (Lipinski definition) is 4. The first-order valence-electron chi connectivity index (χ1n) is 8.90. The lowest BCUT2D eigenvalue weighted by atomic mass is 10.0. The van der Waals surface area contributed by atoms with E-state index in [0.717, 1.165) is 12.8 Å². The molecule has 124 valence electrons. The summed E-state index contributed by atoms with van der Waals surface area (Å²) in [6.45, 7) is 2.27. The number of hydrogen-bond donors (Lipinski definition) is 0. The van der Waals surface area contributed by atoms with Gasteiger partial charge < -0.3 is 0 Å². The zero-order chi connectivity index (χ0) is 15.0. The van der Waals surface area contributed by atoms with E-state index in [1.54, 1.807) is 0 Å². The zero-order valence-electron chi connectivity index (χ0n) is 13.5. The minimum absolute atomic E-state index is 0.717. The molecule has 3 heterocycles. The molecule has 21 heavy (non-hydrogen) atoms. The summed E-state index contributed by atoms with van der Waals surface area (Å²) in [7, 11) is -2.97. The second kappa shape index (κ2) is 8.67. The lowest BCUT2D eigenvalue weighted by Crippen LogP contribution is -2.56. The second-order valence-corrected chi connectivity index (χ2v) is 7.84. The van der Waals surface area contributed by atoms with Crippen molar-refractivity contribution in [2.75, 3.05) is 0 Å². The first-order chi connectivity index (χ1) is 10.2. The normalized spacial score (nSPS) is 30.0. The Bertz CT molecular complexity index is 319. The molecule has 0 amide bonds. The average Bonchev–Trinajstić information content (AvgIpc) is 2.40. The van der Waals surface area contributed by atoms with E-state index < -0.39 is 13.8 Å². The largest absolute Gasteiger partial charge is 0.488 e. The SMILES string of the molecule is CCCCCCCCCCCCCCCC12OP(=O)(O1)O2. The molecule has 3 aliphatic rings. The Morgan fingerprint density at radius 3 is 1.43 bits per heavy atom. The summed E-state index contributed by atoms with van der Waals surface area (Å²) >= 11 is 0. The number of phosphoric ester groups is 1. The first kappa shape index (κ1) is 17.5. The Labute approximate surface area is 129 Å². The Kier molecular flexibility index (Phi) is 7.21. The minimum atomic E-state index is -2.97. The van der Waals surface area contributed by atoms with Gasteiger partial charge in [-0.1, -0.05) is 84.0 Å². The molecular weight excluding hydrogens is 287 g/mol. The average molecular weight is 318 g/mol. The second-order valence-electron chi connectivity index (χ2n) is 6.40. The molecule has 0 aliphatic carbocycles. The highest BCUT2D eigenvalue weighted by Gasteiger charge is 2.74. The molecule has 0 atom stereocenters. The fourth-order valence-electron chi connectivity index (χ4n) is 3.03. The van der Waals surface area contributed by atoms with Crippen LogP contribution >= 0.6 is 7.82 Å². The monoisotopic (exact) mass is 318 g/mol. The summed E-state index contributed by atoms with van der Waals surface area (Å²) in [5, 5.41) is 0. The minimum Gasteiger partial charge on any atom is -0.227 e. The molecule has 0 saturated carbocycles. The number of unbranched alkanes of at least 4 members (excludes halogenated alkanes) is 12. The van der Waals surface area contributed by atoms with Crippen LogP contribution in [0.25, 0.3) is 0 Å². The molecule has 0 N–H and O–H groups in total. The van der Waals surface area contributed by atoms with Crippen molar-refractivity contribution in [3.05, 3.63) is 0 Å². The molecule has 0 aromatic heterocycles. The topological polar surface area (TPSA) is 44.8 Å². The van der Waals surface area contributed by atoms with Crippen LogP contribution in [0.2, 0.25) is 0 Å². The van der Waals surface area contributed by atoms with Gasteiger partial charge in [-0.3, -0.25) is 0 Å². The van der Waals surface area contributed by atoms with E-state index in [4.69, 9.17) is 13.6 Å². The van der Waals surface area contributed by atoms with Gasteiger partial charge in [-0.05, 0) is 6.42 Å². The van der Waals surface area contributed by atoms with Crippen LogP contribution in [-0.4, -0.2) is 5.97 Å². The summed E-state index contributed by atoms with van der Waals surface area (Å²) in [5.41, 5.74) is 0. The van der Waals surface area contributed by atoms with Crippen LogP contribution in [0.5, 0.6) is 0 Å². The lowest BCUT2D eigenvalue weighted by Gasteiger charge is -2.55. The molecule has 3 saturated heterocycles. The van der Waals surface area contributed by atoms with E-state index in [1.165, 1.54) is 77.0 Å². The maximum Gasteiger partial charge on any atom is 0.488 e. The van der Waals surface area contributed by atoms with E-state index in [-0.39, 0.29) is 0 Å². The third-order valence-corrected chi connectivity index (χ3v) is 5.84. The number of rotatable bonds is 14. The van der Waals surface area contributed by atoms with Gasteiger partial charge in [0.2, 0.25) is 0 Å². The van der Waals surface area contributed by atoms with Crippen LogP contribution in [-0.2, 0) is 18.1 Å². The van der Waals surface area contributed by atoms with E-state index in [1.807, 2.05) is 0 Å². The van der Waals surface area contributed by atoms with E-state index >= 15 is 0 Å². The van der Waals surface area contributed by atoms with Crippen molar-refractivity contribution < 1.29 is 18.1 Å². The zero-order valence-corrected chi connectivity index (χ0v) is 14.4. The van der Waals surface area contributed by atoms with E-state index in [9.17, 15) is 4.57 Å². The van der Waals surface area contributed by atoms with Crippen molar-refractivity contribution >= 4 is 7.82 Å². The highest BCUT2D eigenvalue weighted by molar-refractivity contribution is 7.51. The van der Waals surface area contributed by atoms with Crippen LogP contribution in [0.3, 0.4) is 0 Å².